The Morgan fingerprint density at radius 2 is 1.79 bits per heavy atom. The van der Waals surface area contributed by atoms with Crippen LogP contribution in [0.5, 0.6) is 5.75 Å². The number of ether oxygens (including phenoxy) is 1. The lowest BCUT2D eigenvalue weighted by Crippen LogP contribution is -2.50. The van der Waals surface area contributed by atoms with Gasteiger partial charge in [0, 0.05) is 57.3 Å². The summed E-state index contributed by atoms with van der Waals surface area (Å²) in [6, 6.07) is 1.05. The number of anilines is 1. The zero-order valence-electron chi connectivity index (χ0n) is 15.4. The third kappa shape index (κ3) is 4.79. The lowest BCUT2D eigenvalue weighted by Gasteiger charge is -2.33. The van der Waals surface area contributed by atoms with Gasteiger partial charge in [-0.2, -0.15) is 0 Å². The van der Waals surface area contributed by atoms with Crippen LogP contribution in [0.15, 0.2) is 29.3 Å². The number of carbonyl (C=O) groups is 1. The van der Waals surface area contributed by atoms with E-state index in [0.717, 1.165) is 0 Å². The van der Waals surface area contributed by atoms with Crippen LogP contribution in [0.1, 0.15) is 6.42 Å². The van der Waals surface area contributed by atoms with Gasteiger partial charge < -0.3 is 24.2 Å². The maximum atomic E-state index is 13.5. The maximum absolute atomic E-state index is 13.5. The molecule has 1 saturated heterocycles. The van der Waals surface area contributed by atoms with Crippen LogP contribution >= 0.6 is 0 Å². The van der Waals surface area contributed by atoms with Crippen LogP contribution in [0.3, 0.4) is 0 Å². The van der Waals surface area contributed by atoms with Crippen molar-refractivity contribution in [3.63, 3.8) is 0 Å². The number of rotatable bonds is 6. The third-order valence-electron chi connectivity index (χ3n) is 4.52. The van der Waals surface area contributed by atoms with Crippen molar-refractivity contribution in [2.45, 2.75) is 13.0 Å². The first kappa shape index (κ1) is 20.5. The van der Waals surface area contributed by atoms with E-state index in [9.17, 15) is 22.8 Å². The van der Waals surface area contributed by atoms with Gasteiger partial charge in [0.15, 0.2) is 29.0 Å². The Labute approximate surface area is 163 Å². The minimum Gasteiger partial charge on any atom is -0.490 e. The summed E-state index contributed by atoms with van der Waals surface area (Å²) in [5.41, 5.74) is -0.338. The van der Waals surface area contributed by atoms with Gasteiger partial charge >= 0.3 is 6.09 Å². The standard InChI is InChI=1S/C18H19F3N4O4/c19-12-10-14(21)15(11-13(12)20)29-9-1-3-24-4-2-22-16(17(24)26)23-5-7-25(8-6-23)18(27)28/h2,4,10-11H,1,3,5-9H2,(H,27,28). The molecule has 29 heavy (non-hydrogen) atoms. The predicted molar refractivity (Wildman–Crippen MR) is 96.7 cm³/mol. The van der Waals surface area contributed by atoms with E-state index in [1.807, 2.05) is 0 Å². The molecule has 2 heterocycles. The van der Waals surface area contributed by atoms with Gasteiger partial charge in [-0.25, -0.2) is 22.9 Å². The van der Waals surface area contributed by atoms with E-state index in [2.05, 4.69) is 4.98 Å². The lowest BCUT2D eigenvalue weighted by molar-refractivity contribution is 0.142. The second-order valence-corrected chi connectivity index (χ2v) is 6.40. The first-order valence-electron chi connectivity index (χ1n) is 8.92. The van der Waals surface area contributed by atoms with E-state index in [-0.39, 0.29) is 37.6 Å². The number of piperazine rings is 1. The number of hydrogen-bond donors (Lipinski definition) is 1. The Kier molecular flexibility index (Phi) is 6.25. The van der Waals surface area contributed by atoms with Gasteiger partial charge in [0.2, 0.25) is 0 Å². The predicted octanol–water partition coefficient (Wildman–Crippen LogP) is 1.93. The smallest absolute Gasteiger partial charge is 0.407 e. The van der Waals surface area contributed by atoms with Crippen molar-refractivity contribution in [2.24, 2.45) is 0 Å². The summed E-state index contributed by atoms with van der Waals surface area (Å²) in [5.74, 6) is -3.69. The molecule has 1 aliphatic heterocycles. The summed E-state index contributed by atoms with van der Waals surface area (Å²) < 4.78 is 46.2. The highest BCUT2D eigenvalue weighted by Crippen LogP contribution is 2.20. The molecule has 0 unspecified atom stereocenters. The molecule has 0 aliphatic carbocycles. The highest BCUT2D eigenvalue weighted by Gasteiger charge is 2.23. The van der Waals surface area contributed by atoms with Crippen molar-refractivity contribution < 1.29 is 27.8 Å². The maximum Gasteiger partial charge on any atom is 0.407 e. The molecule has 1 aromatic carbocycles. The van der Waals surface area contributed by atoms with Gasteiger partial charge in [-0.05, 0) is 6.42 Å². The Morgan fingerprint density at radius 3 is 2.48 bits per heavy atom. The zero-order chi connectivity index (χ0) is 21.0. The minimum absolute atomic E-state index is 0.0105. The monoisotopic (exact) mass is 412 g/mol. The second kappa shape index (κ2) is 8.84. The van der Waals surface area contributed by atoms with Crippen molar-refractivity contribution >= 4 is 11.9 Å². The SMILES string of the molecule is O=C(O)N1CCN(c2nccn(CCCOc3cc(F)c(F)cc3F)c2=O)CC1. The highest BCUT2D eigenvalue weighted by atomic mass is 19.2. The summed E-state index contributed by atoms with van der Waals surface area (Å²) in [6.45, 7) is 1.50. The van der Waals surface area contributed by atoms with Crippen LogP contribution < -0.4 is 15.2 Å². The van der Waals surface area contributed by atoms with Gasteiger partial charge in [-0.3, -0.25) is 4.79 Å². The molecule has 1 aliphatic rings. The average molecular weight is 412 g/mol. The van der Waals surface area contributed by atoms with Crippen LogP contribution in [-0.4, -0.2) is 58.4 Å². The van der Waals surface area contributed by atoms with Gasteiger partial charge in [-0.15, -0.1) is 0 Å². The minimum atomic E-state index is -1.30. The first-order chi connectivity index (χ1) is 13.9. The molecule has 11 heteroatoms. The number of hydrogen-bond acceptors (Lipinski definition) is 5. The summed E-state index contributed by atoms with van der Waals surface area (Å²) in [6.07, 6.45) is 2.28. The zero-order valence-corrected chi connectivity index (χ0v) is 15.4. The molecule has 2 aromatic rings. The van der Waals surface area contributed by atoms with Crippen molar-refractivity contribution in [1.82, 2.24) is 14.5 Å². The summed E-state index contributed by atoms with van der Waals surface area (Å²) in [7, 11) is 0. The van der Waals surface area contributed by atoms with Crippen LogP contribution in [0.2, 0.25) is 0 Å². The number of aromatic nitrogens is 2. The fraction of sp³-hybridized carbons (Fsp3) is 0.389. The number of halogens is 3. The highest BCUT2D eigenvalue weighted by molar-refractivity contribution is 5.65. The van der Waals surface area contributed by atoms with E-state index in [1.54, 1.807) is 4.90 Å². The Hall–Kier alpha value is -3.24. The van der Waals surface area contributed by atoms with Crippen molar-refractivity contribution in [1.29, 1.82) is 0 Å². The molecule has 0 bridgehead atoms. The number of nitrogens with zero attached hydrogens (tertiary/aromatic N) is 4. The molecule has 8 nitrogen and oxygen atoms in total. The Bertz CT molecular complexity index is 945. The molecular weight excluding hydrogens is 393 g/mol. The van der Waals surface area contributed by atoms with Gasteiger partial charge in [0.05, 0.1) is 6.61 Å². The Balaban J connectivity index is 1.57. The first-order valence-corrected chi connectivity index (χ1v) is 8.92. The van der Waals surface area contributed by atoms with Crippen LogP contribution in [0, 0.1) is 17.5 Å². The molecule has 156 valence electrons. The van der Waals surface area contributed by atoms with E-state index in [1.165, 1.54) is 21.9 Å². The molecule has 0 atom stereocenters. The molecule has 3 rings (SSSR count). The normalized spacial score (nSPS) is 14.2. The van der Waals surface area contributed by atoms with Crippen molar-refractivity contribution in [2.75, 3.05) is 37.7 Å². The van der Waals surface area contributed by atoms with Gasteiger partial charge in [0.25, 0.3) is 5.56 Å². The number of amides is 1. The largest absolute Gasteiger partial charge is 0.490 e. The summed E-state index contributed by atoms with van der Waals surface area (Å²) in [4.78, 5) is 30.7. The molecule has 1 fully saturated rings. The Morgan fingerprint density at radius 1 is 1.10 bits per heavy atom. The van der Waals surface area contributed by atoms with E-state index < -0.39 is 29.3 Å². The fourth-order valence-electron chi connectivity index (χ4n) is 2.97. The van der Waals surface area contributed by atoms with E-state index in [4.69, 9.17) is 9.84 Å². The second-order valence-electron chi connectivity index (χ2n) is 6.40. The summed E-state index contributed by atoms with van der Waals surface area (Å²) in [5, 5.41) is 8.99. The number of carboxylic acid groups (broad SMARTS) is 1. The van der Waals surface area contributed by atoms with Crippen LogP contribution in [0.25, 0.3) is 0 Å². The van der Waals surface area contributed by atoms with Crippen LogP contribution in [-0.2, 0) is 6.54 Å². The van der Waals surface area contributed by atoms with Crippen LogP contribution in [0.4, 0.5) is 23.8 Å². The van der Waals surface area contributed by atoms with Crippen molar-refractivity contribution in [3.8, 4) is 5.75 Å². The quantitative estimate of drug-likeness (QED) is 0.576. The molecular formula is C18H19F3N4O4. The third-order valence-corrected chi connectivity index (χ3v) is 4.52. The molecule has 1 aromatic heterocycles. The molecule has 0 radical (unpaired) electrons. The van der Waals surface area contributed by atoms with Gasteiger partial charge in [0.1, 0.15) is 0 Å². The molecule has 0 saturated carbocycles. The topological polar surface area (TPSA) is 87.9 Å². The molecule has 1 N–H and O–H groups in total. The van der Waals surface area contributed by atoms with Gasteiger partial charge in [-0.1, -0.05) is 0 Å². The molecule has 1 amide bonds. The number of benzene rings is 1. The average Bonchev–Trinajstić information content (AvgIpc) is 2.70. The summed E-state index contributed by atoms with van der Waals surface area (Å²) >= 11 is 0. The lowest BCUT2D eigenvalue weighted by atomic mass is 10.3. The molecule has 0 spiro atoms. The van der Waals surface area contributed by atoms with E-state index in [0.29, 0.717) is 31.6 Å². The van der Waals surface area contributed by atoms with E-state index >= 15 is 0 Å². The number of aryl methyl sites for hydroxylation is 1. The fourth-order valence-corrected chi connectivity index (χ4v) is 2.97. The van der Waals surface area contributed by atoms with Crippen molar-refractivity contribution in [3.05, 3.63) is 52.3 Å².